The topological polar surface area (TPSA) is 118 Å². The van der Waals surface area contributed by atoms with Gasteiger partial charge < -0.3 is 20.7 Å². The first-order valence-corrected chi connectivity index (χ1v) is 12.9. The van der Waals surface area contributed by atoms with Crippen molar-refractivity contribution in [2.75, 3.05) is 30.8 Å². The molecule has 180 valence electrons. The van der Waals surface area contributed by atoms with Crippen LogP contribution in [0.3, 0.4) is 0 Å². The average Bonchev–Trinajstić information content (AvgIpc) is 2.85. The van der Waals surface area contributed by atoms with Crippen molar-refractivity contribution in [3.8, 4) is 5.75 Å². The molecule has 9 nitrogen and oxygen atoms in total. The summed E-state index contributed by atoms with van der Waals surface area (Å²) in [4.78, 5) is 13.0. The Kier molecular flexibility index (Phi) is 7.28. The van der Waals surface area contributed by atoms with Gasteiger partial charge in [-0.05, 0) is 75.5 Å². The van der Waals surface area contributed by atoms with E-state index in [2.05, 4.69) is 43.0 Å². The highest BCUT2D eigenvalue weighted by Crippen LogP contribution is 2.34. The number of rotatable bonds is 8. The van der Waals surface area contributed by atoms with Crippen LogP contribution in [0.2, 0.25) is 0 Å². The van der Waals surface area contributed by atoms with Gasteiger partial charge in [-0.25, -0.2) is 18.4 Å². The van der Waals surface area contributed by atoms with E-state index in [1.165, 1.54) is 11.9 Å². The number of nitrogens with one attached hydrogen (secondary N) is 3. The highest BCUT2D eigenvalue weighted by Gasteiger charge is 2.23. The second kappa shape index (κ2) is 10.4. The molecule has 0 bridgehead atoms. The van der Waals surface area contributed by atoms with Crippen LogP contribution in [0, 0.1) is 0 Å². The molecule has 0 aliphatic carbocycles. The van der Waals surface area contributed by atoms with Gasteiger partial charge in [0.1, 0.15) is 12.1 Å². The van der Waals surface area contributed by atoms with Crippen LogP contribution < -0.4 is 20.7 Å². The minimum Gasteiger partial charge on any atom is -0.495 e. The zero-order valence-corrected chi connectivity index (χ0v) is 20.4. The summed E-state index contributed by atoms with van der Waals surface area (Å²) in [5.41, 5.74) is 2.40. The van der Waals surface area contributed by atoms with Crippen molar-refractivity contribution in [3.05, 3.63) is 54.4 Å². The predicted molar refractivity (Wildman–Crippen MR) is 133 cm³/mol. The maximum atomic E-state index is 12.7. The number of para-hydroxylation sites is 1. The average molecular weight is 483 g/mol. The first-order valence-electron chi connectivity index (χ1n) is 11.3. The van der Waals surface area contributed by atoms with Crippen molar-refractivity contribution < 1.29 is 13.2 Å². The standard InChI is InChI=1S/C24H30N6O3S/c1-16(2)34(31,32)22-7-5-4-6-20(22)29-24-27-15-26-23(30-24)28-19-9-8-18(14-21(19)33-3)17-10-12-25-13-11-17/h4-9,14-17,25H,10-13H2,1-3H3,(H2,26,27,28,29,30). The van der Waals surface area contributed by atoms with Crippen LogP contribution >= 0.6 is 0 Å². The molecule has 3 aromatic rings. The Bertz CT molecular complexity index is 1240. The maximum absolute atomic E-state index is 12.7. The summed E-state index contributed by atoms with van der Waals surface area (Å²) in [5.74, 6) is 1.77. The number of benzene rings is 2. The molecule has 2 heterocycles. The van der Waals surface area contributed by atoms with Crippen molar-refractivity contribution >= 4 is 33.1 Å². The van der Waals surface area contributed by atoms with Crippen LogP contribution in [-0.2, 0) is 9.84 Å². The maximum Gasteiger partial charge on any atom is 0.232 e. The van der Waals surface area contributed by atoms with E-state index >= 15 is 0 Å². The second-order valence-corrected chi connectivity index (χ2v) is 10.9. The molecule has 0 unspecified atom stereocenters. The smallest absolute Gasteiger partial charge is 0.232 e. The fourth-order valence-electron chi connectivity index (χ4n) is 3.95. The van der Waals surface area contributed by atoms with Crippen LogP contribution in [-0.4, -0.2) is 48.8 Å². The number of anilines is 4. The van der Waals surface area contributed by atoms with Gasteiger partial charge in [-0.15, -0.1) is 0 Å². The number of nitrogens with zero attached hydrogens (tertiary/aromatic N) is 3. The van der Waals surface area contributed by atoms with Gasteiger partial charge in [-0.2, -0.15) is 4.98 Å². The molecule has 1 aliphatic rings. The highest BCUT2D eigenvalue weighted by molar-refractivity contribution is 7.92. The molecule has 10 heteroatoms. The van der Waals surface area contributed by atoms with E-state index < -0.39 is 15.1 Å². The third kappa shape index (κ3) is 5.28. The van der Waals surface area contributed by atoms with Gasteiger partial charge in [-0.1, -0.05) is 18.2 Å². The van der Waals surface area contributed by atoms with Crippen molar-refractivity contribution in [3.63, 3.8) is 0 Å². The third-order valence-electron chi connectivity index (χ3n) is 5.92. The van der Waals surface area contributed by atoms with Gasteiger partial charge in [0.05, 0.1) is 28.6 Å². The number of methoxy groups -OCH3 is 1. The number of aromatic nitrogens is 3. The highest BCUT2D eigenvalue weighted by atomic mass is 32.2. The second-order valence-electron chi connectivity index (χ2n) is 8.46. The zero-order valence-electron chi connectivity index (χ0n) is 19.6. The van der Waals surface area contributed by atoms with Crippen LogP contribution in [0.4, 0.5) is 23.3 Å². The van der Waals surface area contributed by atoms with E-state index in [0.29, 0.717) is 23.3 Å². The quantitative estimate of drug-likeness (QED) is 0.437. The van der Waals surface area contributed by atoms with E-state index in [1.807, 2.05) is 6.07 Å². The molecule has 1 aliphatic heterocycles. The number of piperidine rings is 1. The minimum absolute atomic E-state index is 0.204. The molecule has 0 spiro atoms. The molecular weight excluding hydrogens is 452 g/mol. The number of ether oxygens (including phenoxy) is 1. The summed E-state index contributed by atoms with van der Waals surface area (Å²) in [6, 6.07) is 12.9. The molecule has 2 aromatic carbocycles. The summed E-state index contributed by atoms with van der Waals surface area (Å²) >= 11 is 0. The summed E-state index contributed by atoms with van der Waals surface area (Å²) in [6.45, 7) is 5.35. The molecule has 0 saturated carbocycles. The van der Waals surface area contributed by atoms with E-state index in [9.17, 15) is 8.42 Å². The Balaban J connectivity index is 1.55. The first-order chi connectivity index (χ1) is 16.4. The first kappa shape index (κ1) is 23.9. The van der Waals surface area contributed by atoms with E-state index in [-0.39, 0.29) is 10.8 Å². The third-order valence-corrected chi connectivity index (χ3v) is 8.13. The Labute approximate surface area is 200 Å². The van der Waals surface area contributed by atoms with Crippen LogP contribution in [0.5, 0.6) is 5.75 Å². The van der Waals surface area contributed by atoms with Crippen molar-refractivity contribution in [1.82, 2.24) is 20.3 Å². The van der Waals surface area contributed by atoms with E-state index in [1.54, 1.807) is 45.2 Å². The molecule has 3 N–H and O–H groups in total. The molecule has 1 aromatic heterocycles. The van der Waals surface area contributed by atoms with Crippen LogP contribution in [0.25, 0.3) is 0 Å². The Morgan fingerprint density at radius 1 is 1.00 bits per heavy atom. The molecule has 0 radical (unpaired) electrons. The van der Waals surface area contributed by atoms with Gasteiger partial charge in [0.2, 0.25) is 11.9 Å². The fraction of sp³-hybridized carbons (Fsp3) is 0.375. The monoisotopic (exact) mass is 482 g/mol. The number of hydrogen-bond acceptors (Lipinski definition) is 9. The summed E-state index contributed by atoms with van der Waals surface area (Å²) < 4.78 is 31.1. The molecule has 1 fully saturated rings. The Morgan fingerprint density at radius 3 is 2.35 bits per heavy atom. The van der Waals surface area contributed by atoms with Gasteiger partial charge in [-0.3, -0.25) is 0 Å². The Morgan fingerprint density at radius 2 is 1.68 bits per heavy atom. The Hall–Kier alpha value is -3.24. The van der Waals surface area contributed by atoms with Gasteiger partial charge in [0.15, 0.2) is 9.84 Å². The lowest BCUT2D eigenvalue weighted by Crippen LogP contribution is -2.26. The van der Waals surface area contributed by atoms with E-state index in [4.69, 9.17) is 4.74 Å². The molecule has 34 heavy (non-hydrogen) atoms. The van der Waals surface area contributed by atoms with E-state index in [0.717, 1.165) is 31.6 Å². The van der Waals surface area contributed by atoms with Gasteiger partial charge >= 0.3 is 0 Å². The minimum atomic E-state index is -3.48. The molecule has 0 atom stereocenters. The van der Waals surface area contributed by atoms with Gasteiger partial charge in [0.25, 0.3) is 0 Å². The van der Waals surface area contributed by atoms with Crippen LogP contribution in [0.1, 0.15) is 38.2 Å². The number of hydrogen-bond donors (Lipinski definition) is 3. The van der Waals surface area contributed by atoms with Crippen molar-refractivity contribution in [1.29, 1.82) is 0 Å². The normalized spacial score (nSPS) is 14.7. The molecule has 0 amide bonds. The van der Waals surface area contributed by atoms with Crippen molar-refractivity contribution in [2.24, 2.45) is 0 Å². The largest absolute Gasteiger partial charge is 0.495 e. The SMILES string of the molecule is COc1cc(C2CCNCC2)ccc1Nc1ncnc(Nc2ccccc2S(=O)(=O)C(C)C)n1. The molecule has 1 saturated heterocycles. The van der Waals surface area contributed by atoms with Gasteiger partial charge in [0, 0.05) is 0 Å². The summed E-state index contributed by atoms with van der Waals surface area (Å²) in [7, 11) is -1.84. The molecular formula is C24H30N6O3S. The lowest BCUT2D eigenvalue weighted by atomic mass is 9.90. The van der Waals surface area contributed by atoms with Crippen molar-refractivity contribution in [2.45, 2.75) is 42.8 Å². The summed E-state index contributed by atoms with van der Waals surface area (Å²) in [6.07, 6.45) is 3.58. The van der Waals surface area contributed by atoms with Crippen LogP contribution in [0.15, 0.2) is 53.7 Å². The summed E-state index contributed by atoms with van der Waals surface area (Å²) in [5, 5.41) is 9.05. The lowest BCUT2D eigenvalue weighted by Gasteiger charge is -2.24. The number of sulfone groups is 1. The fourth-order valence-corrected chi connectivity index (χ4v) is 5.15. The zero-order chi connectivity index (χ0) is 24.1. The lowest BCUT2D eigenvalue weighted by molar-refractivity contribution is 0.413. The molecule has 4 rings (SSSR count). The predicted octanol–water partition coefficient (Wildman–Crippen LogP) is 4.02.